The lowest BCUT2D eigenvalue weighted by atomic mass is 10.1. The number of nitrogens with zero attached hydrogens (tertiary/aromatic N) is 2. The van der Waals surface area contributed by atoms with Gasteiger partial charge in [0.05, 0.1) is 35.6 Å². The van der Waals surface area contributed by atoms with Gasteiger partial charge in [-0.1, -0.05) is 0 Å². The fourth-order valence-corrected chi connectivity index (χ4v) is 2.66. The number of hydrogen-bond acceptors (Lipinski definition) is 6. The van der Waals surface area contributed by atoms with Crippen molar-refractivity contribution in [1.29, 1.82) is 5.26 Å². The number of rotatable bonds is 4. The number of hydroxylamine groups is 3. The molecule has 1 heterocycles. The average molecular weight is 421 g/mol. The number of benzene rings is 2. The molecule has 1 saturated heterocycles. The number of halogens is 4. The summed E-state index contributed by atoms with van der Waals surface area (Å²) in [6, 6.07) is 8.85. The molecule has 0 spiro atoms. The molecule has 1 aliphatic rings. The molecule has 156 valence electrons. The van der Waals surface area contributed by atoms with Crippen molar-refractivity contribution < 1.29 is 27.3 Å². The number of carbonyl (C=O) groups is 1. The zero-order valence-corrected chi connectivity index (χ0v) is 15.2. The first kappa shape index (κ1) is 21.1. The maximum atomic E-state index is 13.0. The van der Waals surface area contributed by atoms with E-state index in [2.05, 4.69) is 10.8 Å². The molecule has 0 saturated carbocycles. The SMILES string of the molecule is N#Cc1ccc(NC(=O)[C@@H]2CN(/C=C(\N)c3ccc(F)cc3)ON2)cc1C(F)(F)F. The van der Waals surface area contributed by atoms with E-state index in [-0.39, 0.29) is 17.9 Å². The molecule has 2 aromatic rings. The lowest BCUT2D eigenvalue weighted by Gasteiger charge is -2.13. The predicted octanol–water partition coefficient (Wildman–Crippen LogP) is 2.73. The summed E-state index contributed by atoms with van der Waals surface area (Å²) in [6.45, 7) is 0.0101. The van der Waals surface area contributed by atoms with Crippen LogP contribution in [0.4, 0.5) is 23.2 Å². The third-order valence-corrected chi connectivity index (χ3v) is 4.16. The van der Waals surface area contributed by atoms with Crippen LogP contribution >= 0.6 is 0 Å². The minimum atomic E-state index is -4.74. The van der Waals surface area contributed by atoms with E-state index in [0.29, 0.717) is 11.6 Å². The van der Waals surface area contributed by atoms with Crippen molar-refractivity contribution in [2.45, 2.75) is 12.2 Å². The molecule has 0 aromatic heterocycles. The van der Waals surface area contributed by atoms with E-state index in [1.807, 2.05) is 0 Å². The maximum Gasteiger partial charge on any atom is 0.417 e. The smallest absolute Gasteiger partial charge is 0.397 e. The Balaban J connectivity index is 1.66. The molecule has 30 heavy (non-hydrogen) atoms. The highest BCUT2D eigenvalue weighted by atomic mass is 19.4. The quantitative estimate of drug-likeness (QED) is 0.656. The minimum Gasteiger partial charge on any atom is -0.397 e. The Kier molecular flexibility index (Phi) is 5.91. The average Bonchev–Trinajstić information content (AvgIpc) is 3.16. The second kappa shape index (κ2) is 8.40. The molecule has 0 bridgehead atoms. The van der Waals surface area contributed by atoms with Crippen LogP contribution < -0.4 is 16.5 Å². The van der Waals surface area contributed by atoms with E-state index in [4.69, 9.17) is 15.9 Å². The van der Waals surface area contributed by atoms with E-state index in [0.717, 1.165) is 6.07 Å². The monoisotopic (exact) mass is 421 g/mol. The van der Waals surface area contributed by atoms with Crippen molar-refractivity contribution in [3.05, 3.63) is 71.2 Å². The first-order valence-electron chi connectivity index (χ1n) is 8.52. The third kappa shape index (κ3) is 4.86. The van der Waals surface area contributed by atoms with Crippen LogP contribution in [-0.4, -0.2) is 23.6 Å². The highest BCUT2D eigenvalue weighted by Gasteiger charge is 2.34. The van der Waals surface area contributed by atoms with E-state index in [9.17, 15) is 22.4 Å². The summed E-state index contributed by atoms with van der Waals surface area (Å²) in [4.78, 5) is 17.5. The van der Waals surface area contributed by atoms with Gasteiger partial charge in [-0.15, -0.1) is 0 Å². The molecule has 11 heteroatoms. The van der Waals surface area contributed by atoms with Crippen molar-refractivity contribution >= 4 is 17.3 Å². The van der Waals surface area contributed by atoms with Gasteiger partial charge in [-0.3, -0.25) is 4.79 Å². The maximum absolute atomic E-state index is 13.0. The first-order valence-corrected chi connectivity index (χ1v) is 8.52. The third-order valence-electron chi connectivity index (χ3n) is 4.16. The van der Waals surface area contributed by atoms with Crippen molar-refractivity contribution in [3.8, 4) is 6.07 Å². The second-order valence-electron chi connectivity index (χ2n) is 6.31. The minimum absolute atomic E-state index is 0.0101. The van der Waals surface area contributed by atoms with Crippen molar-refractivity contribution in [2.75, 3.05) is 11.9 Å². The molecule has 0 radical (unpaired) electrons. The van der Waals surface area contributed by atoms with E-state index in [1.165, 1.54) is 47.7 Å². The largest absolute Gasteiger partial charge is 0.417 e. The molecular weight excluding hydrogens is 406 g/mol. The molecule has 0 aliphatic carbocycles. The number of nitriles is 1. The van der Waals surface area contributed by atoms with Crippen LogP contribution in [0, 0.1) is 17.1 Å². The standard InChI is InChI=1S/C19H15F4N5O2/c20-13-4-1-11(2-5-13)16(25)9-28-10-17(27-30-28)18(29)26-14-6-3-12(8-24)15(7-14)19(21,22)23/h1-7,9,17,27H,10,25H2,(H,26,29)/b16-9-/t17-/m0/s1. The Bertz CT molecular complexity index is 1020. The van der Waals surface area contributed by atoms with Gasteiger partial charge in [0.2, 0.25) is 5.91 Å². The van der Waals surface area contributed by atoms with Gasteiger partial charge in [-0.25, -0.2) is 9.45 Å². The molecule has 1 fully saturated rings. The van der Waals surface area contributed by atoms with Gasteiger partial charge in [-0.2, -0.15) is 28.9 Å². The zero-order chi connectivity index (χ0) is 21.9. The number of hydrogen-bond donors (Lipinski definition) is 3. The summed E-state index contributed by atoms with van der Waals surface area (Å²) < 4.78 is 52.1. The molecular formula is C19H15F4N5O2. The lowest BCUT2D eigenvalue weighted by molar-refractivity contribution is -0.137. The van der Waals surface area contributed by atoms with E-state index >= 15 is 0 Å². The van der Waals surface area contributed by atoms with Gasteiger partial charge in [-0.05, 0) is 48.0 Å². The predicted molar refractivity (Wildman–Crippen MR) is 98.1 cm³/mol. The number of nitrogens with one attached hydrogen (secondary N) is 2. The zero-order valence-electron chi connectivity index (χ0n) is 15.2. The van der Waals surface area contributed by atoms with Gasteiger partial charge >= 0.3 is 6.18 Å². The topological polar surface area (TPSA) is 103 Å². The number of alkyl halides is 3. The highest BCUT2D eigenvalue weighted by molar-refractivity contribution is 5.95. The van der Waals surface area contributed by atoms with Crippen LogP contribution in [0.3, 0.4) is 0 Å². The molecule has 0 unspecified atom stereocenters. The Labute approximate surface area is 168 Å². The number of amides is 1. The molecule has 7 nitrogen and oxygen atoms in total. The Morgan fingerprint density at radius 1 is 1.30 bits per heavy atom. The molecule has 1 amide bonds. The molecule has 3 rings (SSSR count). The molecule has 2 aromatic carbocycles. The van der Waals surface area contributed by atoms with Crippen LogP contribution in [-0.2, 0) is 15.9 Å². The van der Waals surface area contributed by atoms with Gasteiger partial charge in [0.25, 0.3) is 0 Å². The van der Waals surface area contributed by atoms with Crippen LogP contribution in [0.5, 0.6) is 0 Å². The number of anilines is 1. The van der Waals surface area contributed by atoms with Gasteiger partial charge in [0.15, 0.2) is 0 Å². The van der Waals surface area contributed by atoms with Crippen molar-refractivity contribution in [1.82, 2.24) is 10.5 Å². The van der Waals surface area contributed by atoms with E-state index < -0.39 is 35.1 Å². The second-order valence-corrected chi connectivity index (χ2v) is 6.31. The Morgan fingerprint density at radius 2 is 2.00 bits per heavy atom. The molecule has 1 atom stereocenters. The number of nitrogens with two attached hydrogens (primary N) is 1. The number of carbonyl (C=O) groups excluding carboxylic acids is 1. The highest BCUT2D eigenvalue weighted by Crippen LogP contribution is 2.33. The summed E-state index contributed by atoms with van der Waals surface area (Å²) >= 11 is 0. The van der Waals surface area contributed by atoms with Gasteiger partial charge in [0.1, 0.15) is 11.9 Å². The fourth-order valence-electron chi connectivity index (χ4n) is 2.66. The van der Waals surface area contributed by atoms with Crippen molar-refractivity contribution in [2.24, 2.45) is 5.73 Å². The van der Waals surface area contributed by atoms with Gasteiger partial charge in [0, 0.05) is 5.69 Å². The summed E-state index contributed by atoms with van der Waals surface area (Å²) in [6.07, 6.45) is -3.35. The van der Waals surface area contributed by atoms with Crippen LogP contribution in [0.15, 0.2) is 48.7 Å². The molecule has 4 N–H and O–H groups in total. The summed E-state index contributed by atoms with van der Waals surface area (Å²) in [5, 5.41) is 12.4. The Hall–Kier alpha value is -3.62. The van der Waals surface area contributed by atoms with Crippen LogP contribution in [0.1, 0.15) is 16.7 Å². The Morgan fingerprint density at radius 3 is 2.63 bits per heavy atom. The molecule has 1 aliphatic heterocycles. The lowest BCUT2D eigenvalue weighted by Crippen LogP contribution is -2.37. The van der Waals surface area contributed by atoms with Gasteiger partial charge < -0.3 is 11.1 Å². The first-order chi connectivity index (χ1) is 14.2. The van der Waals surface area contributed by atoms with Crippen LogP contribution in [0.2, 0.25) is 0 Å². The van der Waals surface area contributed by atoms with E-state index in [1.54, 1.807) is 0 Å². The van der Waals surface area contributed by atoms with Crippen LogP contribution in [0.25, 0.3) is 5.70 Å². The normalized spacial score (nSPS) is 17.0. The summed E-state index contributed by atoms with van der Waals surface area (Å²) in [7, 11) is 0. The fraction of sp³-hybridized carbons (Fsp3) is 0.158. The van der Waals surface area contributed by atoms with Crippen molar-refractivity contribution in [3.63, 3.8) is 0 Å². The summed E-state index contributed by atoms with van der Waals surface area (Å²) in [5.74, 6) is -1.07. The summed E-state index contributed by atoms with van der Waals surface area (Å²) in [5.41, 5.74) is 7.33.